The van der Waals surface area contributed by atoms with Crippen molar-refractivity contribution in [3.63, 3.8) is 0 Å². The molecule has 0 unspecified atom stereocenters. The van der Waals surface area contributed by atoms with Gasteiger partial charge in [0.2, 0.25) is 0 Å². The minimum absolute atomic E-state index is 0.197. The SMILES string of the molecule is COn1c(=O)n(-c2ccc(C)cc2)c2ccc(C)cc21. The zero-order valence-electron chi connectivity index (χ0n) is 11.8. The van der Waals surface area contributed by atoms with Crippen molar-refractivity contribution in [1.82, 2.24) is 9.30 Å². The smallest absolute Gasteiger partial charge is 0.366 e. The summed E-state index contributed by atoms with van der Waals surface area (Å²) < 4.78 is 2.99. The zero-order valence-corrected chi connectivity index (χ0v) is 11.8. The second-order valence-corrected chi connectivity index (χ2v) is 4.92. The molecule has 0 bridgehead atoms. The maximum atomic E-state index is 12.5. The molecule has 0 saturated carbocycles. The van der Waals surface area contributed by atoms with Crippen LogP contribution in [0.1, 0.15) is 11.1 Å². The molecule has 0 aliphatic heterocycles. The molecule has 0 atom stereocenters. The summed E-state index contributed by atoms with van der Waals surface area (Å²) in [5.74, 6) is 0. The third kappa shape index (κ3) is 1.81. The van der Waals surface area contributed by atoms with Gasteiger partial charge in [-0.25, -0.2) is 4.79 Å². The fourth-order valence-electron chi connectivity index (χ4n) is 2.40. The van der Waals surface area contributed by atoms with E-state index < -0.39 is 0 Å². The first-order valence-corrected chi connectivity index (χ1v) is 6.47. The molecule has 0 amide bonds. The van der Waals surface area contributed by atoms with E-state index in [9.17, 15) is 4.79 Å². The van der Waals surface area contributed by atoms with Crippen molar-refractivity contribution >= 4 is 11.0 Å². The molecule has 0 aliphatic carbocycles. The number of hydrogen-bond acceptors (Lipinski definition) is 2. The van der Waals surface area contributed by atoms with Gasteiger partial charge in [0, 0.05) is 0 Å². The van der Waals surface area contributed by atoms with E-state index in [1.54, 1.807) is 4.57 Å². The average Bonchev–Trinajstić information content (AvgIpc) is 2.71. The van der Waals surface area contributed by atoms with Gasteiger partial charge in [-0.2, -0.15) is 0 Å². The van der Waals surface area contributed by atoms with Gasteiger partial charge in [-0.15, -0.1) is 4.73 Å². The number of aryl methyl sites for hydroxylation is 2. The Morgan fingerprint density at radius 1 is 0.900 bits per heavy atom. The fourth-order valence-corrected chi connectivity index (χ4v) is 2.40. The Hall–Kier alpha value is -2.49. The van der Waals surface area contributed by atoms with E-state index in [0.717, 1.165) is 27.8 Å². The molecule has 1 aromatic heterocycles. The molecule has 20 heavy (non-hydrogen) atoms. The van der Waals surface area contributed by atoms with Crippen molar-refractivity contribution in [3.05, 3.63) is 64.1 Å². The molecule has 0 aliphatic rings. The minimum atomic E-state index is -0.197. The van der Waals surface area contributed by atoms with Crippen LogP contribution in [-0.2, 0) is 0 Å². The largest absolute Gasteiger partial charge is 0.412 e. The Morgan fingerprint density at radius 2 is 1.55 bits per heavy atom. The van der Waals surface area contributed by atoms with E-state index in [4.69, 9.17) is 4.84 Å². The van der Waals surface area contributed by atoms with Gasteiger partial charge < -0.3 is 4.84 Å². The van der Waals surface area contributed by atoms with Crippen LogP contribution in [0.3, 0.4) is 0 Å². The summed E-state index contributed by atoms with van der Waals surface area (Å²) >= 11 is 0. The number of imidazole rings is 1. The molecule has 102 valence electrons. The van der Waals surface area contributed by atoms with Crippen molar-refractivity contribution in [2.24, 2.45) is 0 Å². The maximum absolute atomic E-state index is 12.5. The first kappa shape index (κ1) is 12.5. The van der Waals surface area contributed by atoms with E-state index >= 15 is 0 Å². The number of rotatable bonds is 2. The van der Waals surface area contributed by atoms with Gasteiger partial charge in [0.25, 0.3) is 0 Å². The van der Waals surface area contributed by atoms with E-state index in [1.807, 2.05) is 56.3 Å². The first-order chi connectivity index (χ1) is 9.61. The van der Waals surface area contributed by atoms with E-state index in [2.05, 4.69) is 0 Å². The van der Waals surface area contributed by atoms with Gasteiger partial charge in [-0.3, -0.25) is 4.57 Å². The normalized spacial score (nSPS) is 10.9. The second kappa shape index (κ2) is 4.56. The zero-order chi connectivity index (χ0) is 14.3. The lowest BCUT2D eigenvalue weighted by atomic mass is 10.2. The Morgan fingerprint density at radius 3 is 2.20 bits per heavy atom. The van der Waals surface area contributed by atoms with Crippen LogP contribution in [-0.4, -0.2) is 16.4 Å². The summed E-state index contributed by atoms with van der Waals surface area (Å²) in [5.41, 5.74) is 4.50. The van der Waals surface area contributed by atoms with Gasteiger partial charge in [-0.05, 0) is 43.7 Å². The monoisotopic (exact) mass is 268 g/mol. The van der Waals surface area contributed by atoms with E-state index in [1.165, 1.54) is 11.8 Å². The highest BCUT2D eigenvalue weighted by Crippen LogP contribution is 2.18. The van der Waals surface area contributed by atoms with Crippen LogP contribution in [0.4, 0.5) is 0 Å². The topological polar surface area (TPSA) is 36.2 Å². The van der Waals surface area contributed by atoms with Gasteiger partial charge in [0.05, 0.1) is 11.2 Å². The predicted molar refractivity (Wildman–Crippen MR) is 79.5 cm³/mol. The first-order valence-electron chi connectivity index (χ1n) is 6.47. The van der Waals surface area contributed by atoms with Crippen molar-refractivity contribution in [3.8, 4) is 5.69 Å². The highest BCUT2D eigenvalue weighted by molar-refractivity contribution is 5.78. The molecule has 0 radical (unpaired) electrons. The van der Waals surface area contributed by atoms with Gasteiger partial charge >= 0.3 is 5.69 Å². The summed E-state index contributed by atoms with van der Waals surface area (Å²) in [6, 6.07) is 13.8. The summed E-state index contributed by atoms with van der Waals surface area (Å²) in [7, 11) is 1.50. The summed E-state index contributed by atoms with van der Waals surface area (Å²) in [5, 5.41) is 0. The molecule has 0 spiro atoms. The average molecular weight is 268 g/mol. The molecule has 0 fully saturated rings. The molecule has 3 rings (SSSR count). The van der Waals surface area contributed by atoms with Crippen LogP contribution in [0.15, 0.2) is 47.3 Å². The number of nitrogens with zero attached hydrogens (tertiary/aromatic N) is 2. The number of benzene rings is 2. The van der Waals surface area contributed by atoms with Crippen molar-refractivity contribution in [1.29, 1.82) is 0 Å². The molecule has 2 aromatic carbocycles. The highest BCUT2D eigenvalue weighted by Gasteiger charge is 2.14. The summed E-state index contributed by atoms with van der Waals surface area (Å²) in [6.45, 7) is 4.02. The van der Waals surface area contributed by atoms with Crippen molar-refractivity contribution in [2.75, 3.05) is 7.11 Å². The van der Waals surface area contributed by atoms with Crippen LogP contribution in [0.2, 0.25) is 0 Å². The van der Waals surface area contributed by atoms with Crippen LogP contribution < -0.4 is 10.5 Å². The third-order valence-electron chi connectivity index (χ3n) is 3.43. The summed E-state index contributed by atoms with van der Waals surface area (Å²) in [6.07, 6.45) is 0. The van der Waals surface area contributed by atoms with Crippen molar-refractivity contribution < 1.29 is 4.84 Å². The Kier molecular flexibility index (Phi) is 2.86. The lowest BCUT2D eigenvalue weighted by Crippen LogP contribution is -2.26. The molecule has 4 nitrogen and oxygen atoms in total. The van der Waals surface area contributed by atoms with Crippen LogP contribution in [0, 0.1) is 13.8 Å². The Balaban J connectivity index is 2.38. The van der Waals surface area contributed by atoms with E-state index in [-0.39, 0.29) is 5.69 Å². The highest BCUT2D eigenvalue weighted by atomic mass is 16.7. The van der Waals surface area contributed by atoms with E-state index in [0.29, 0.717) is 0 Å². The number of aromatic nitrogens is 2. The van der Waals surface area contributed by atoms with Gasteiger partial charge in [0.15, 0.2) is 0 Å². The van der Waals surface area contributed by atoms with Gasteiger partial charge in [-0.1, -0.05) is 23.8 Å². The fraction of sp³-hybridized carbons (Fsp3) is 0.188. The molecule has 0 saturated heterocycles. The van der Waals surface area contributed by atoms with Gasteiger partial charge in [0.1, 0.15) is 12.6 Å². The number of fused-ring (bicyclic) bond motifs is 1. The molecule has 0 N–H and O–H groups in total. The quantitative estimate of drug-likeness (QED) is 0.716. The van der Waals surface area contributed by atoms with Crippen LogP contribution in [0.25, 0.3) is 16.7 Å². The maximum Gasteiger partial charge on any atom is 0.366 e. The lowest BCUT2D eigenvalue weighted by Gasteiger charge is -2.03. The molecular formula is C16H16N2O2. The minimum Gasteiger partial charge on any atom is -0.412 e. The summed E-state index contributed by atoms with van der Waals surface area (Å²) in [4.78, 5) is 17.7. The Labute approximate surface area is 116 Å². The molecule has 4 heteroatoms. The Bertz CT molecular complexity index is 826. The van der Waals surface area contributed by atoms with Crippen LogP contribution >= 0.6 is 0 Å². The molecule has 3 aromatic rings. The second-order valence-electron chi connectivity index (χ2n) is 4.92. The lowest BCUT2D eigenvalue weighted by molar-refractivity contribution is 0.167. The standard InChI is InChI=1S/C16H16N2O2/c1-11-4-7-13(8-5-11)17-14-9-6-12(2)10-15(14)18(20-3)16(17)19/h4-10H,1-3H3. The predicted octanol–water partition coefficient (Wildman–Crippen LogP) is 2.47. The number of hydrogen-bond donors (Lipinski definition) is 0. The molecule has 1 heterocycles. The van der Waals surface area contributed by atoms with Crippen LogP contribution in [0.5, 0.6) is 0 Å². The van der Waals surface area contributed by atoms with Crippen molar-refractivity contribution in [2.45, 2.75) is 13.8 Å². The molecular weight excluding hydrogens is 252 g/mol. The third-order valence-corrected chi connectivity index (χ3v) is 3.43.